The highest BCUT2D eigenvalue weighted by Gasteiger charge is 2.11. The number of halogens is 1. The van der Waals surface area contributed by atoms with Crippen LogP contribution in [0.1, 0.15) is 30.1 Å². The van der Waals surface area contributed by atoms with Crippen LogP contribution in [-0.4, -0.2) is 17.6 Å². The highest BCUT2D eigenvalue weighted by Crippen LogP contribution is 2.22. The van der Waals surface area contributed by atoms with E-state index in [0.29, 0.717) is 12.2 Å². The molecule has 0 aliphatic rings. The van der Waals surface area contributed by atoms with Gasteiger partial charge in [0.15, 0.2) is 0 Å². The number of nitrogens with zero attached hydrogens (tertiary/aromatic N) is 1. The van der Waals surface area contributed by atoms with E-state index in [0.717, 1.165) is 28.2 Å². The quantitative estimate of drug-likeness (QED) is 0.634. The average Bonchev–Trinajstić information content (AvgIpc) is 2.38. The van der Waals surface area contributed by atoms with Crippen LogP contribution in [-0.2, 0) is 4.74 Å². The Balaban J connectivity index is 2.32. The molecule has 0 saturated heterocycles. The van der Waals surface area contributed by atoms with Crippen LogP contribution in [0.3, 0.4) is 0 Å². The number of carbonyl (C=O) groups is 1. The Hall–Kier alpha value is -1.42. The molecule has 94 valence electrons. The van der Waals surface area contributed by atoms with Crippen molar-refractivity contribution in [3.8, 4) is 0 Å². The number of aromatic nitrogens is 1. The largest absolute Gasteiger partial charge is 0.462 e. The van der Waals surface area contributed by atoms with Gasteiger partial charge >= 0.3 is 5.97 Å². The number of hydrogen-bond acceptors (Lipinski definition) is 3. The second kappa shape index (κ2) is 5.96. The topological polar surface area (TPSA) is 39.2 Å². The zero-order valence-corrected chi connectivity index (χ0v) is 11.7. The van der Waals surface area contributed by atoms with Crippen LogP contribution in [0.25, 0.3) is 10.9 Å². The molecular formula is C14H14BrNO2. The molecule has 0 aliphatic heterocycles. The summed E-state index contributed by atoms with van der Waals surface area (Å²) in [6.07, 6.45) is 3.53. The molecule has 1 aromatic heterocycles. The molecule has 0 unspecified atom stereocenters. The summed E-state index contributed by atoms with van der Waals surface area (Å²) in [5.74, 6) is -0.283. The maximum atomic E-state index is 12.0. The van der Waals surface area contributed by atoms with Gasteiger partial charge in [-0.3, -0.25) is 4.98 Å². The molecule has 3 nitrogen and oxygen atoms in total. The van der Waals surface area contributed by atoms with Crippen LogP contribution in [0.15, 0.2) is 34.9 Å². The molecule has 1 aromatic carbocycles. The maximum Gasteiger partial charge on any atom is 0.338 e. The molecule has 0 spiro atoms. The van der Waals surface area contributed by atoms with Gasteiger partial charge < -0.3 is 4.74 Å². The number of carbonyl (C=O) groups excluding carboxylic acids is 1. The van der Waals surface area contributed by atoms with Gasteiger partial charge in [-0.2, -0.15) is 0 Å². The van der Waals surface area contributed by atoms with Crippen LogP contribution in [0.2, 0.25) is 0 Å². The predicted molar refractivity (Wildman–Crippen MR) is 74.6 cm³/mol. The number of ether oxygens (including phenoxy) is 1. The van der Waals surface area contributed by atoms with Crippen LogP contribution < -0.4 is 0 Å². The number of unbranched alkanes of at least 4 members (excludes halogenated alkanes) is 1. The standard InChI is InChI=1S/C14H14BrNO2/c1-2-3-8-18-14(17)11-6-7-16-13-5-4-10(15)9-12(11)13/h4-7,9H,2-3,8H2,1H3. The lowest BCUT2D eigenvalue weighted by molar-refractivity contribution is 0.0502. The van der Waals surface area contributed by atoms with Crippen molar-refractivity contribution in [3.63, 3.8) is 0 Å². The van der Waals surface area contributed by atoms with E-state index in [-0.39, 0.29) is 5.97 Å². The van der Waals surface area contributed by atoms with Gasteiger partial charge in [-0.1, -0.05) is 29.3 Å². The van der Waals surface area contributed by atoms with E-state index < -0.39 is 0 Å². The lowest BCUT2D eigenvalue weighted by atomic mass is 10.1. The maximum absolute atomic E-state index is 12.0. The minimum absolute atomic E-state index is 0.283. The van der Waals surface area contributed by atoms with Crippen molar-refractivity contribution in [2.75, 3.05) is 6.61 Å². The summed E-state index contributed by atoms with van der Waals surface area (Å²) in [6, 6.07) is 7.37. The number of rotatable bonds is 4. The first-order valence-electron chi connectivity index (χ1n) is 5.93. The number of benzene rings is 1. The minimum Gasteiger partial charge on any atom is -0.462 e. The Morgan fingerprint density at radius 3 is 3.00 bits per heavy atom. The summed E-state index contributed by atoms with van der Waals surface area (Å²) >= 11 is 3.40. The van der Waals surface area contributed by atoms with Gasteiger partial charge in [-0.05, 0) is 30.7 Å². The molecule has 0 bridgehead atoms. The molecular weight excluding hydrogens is 294 g/mol. The lowest BCUT2D eigenvalue weighted by Gasteiger charge is -2.07. The van der Waals surface area contributed by atoms with E-state index in [1.54, 1.807) is 12.3 Å². The van der Waals surface area contributed by atoms with E-state index in [1.807, 2.05) is 18.2 Å². The van der Waals surface area contributed by atoms with Gasteiger partial charge in [0.25, 0.3) is 0 Å². The van der Waals surface area contributed by atoms with Gasteiger partial charge in [0, 0.05) is 16.1 Å². The molecule has 0 radical (unpaired) electrons. The first kappa shape index (κ1) is 13.0. The molecule has 0 fully saturated rings. The second-order valence-corrected chi connectivity index (χ2v) is 4.93. The van der Waals surface area contributed by atoms with Gasteiger partial charge in [-0.25, -0.2) is 4.79 Å². The molecule has 0 atom stereocenters. The molecule has 0 aliphatic carbocycles. The van der Waals surface area contributed by atoms with Crippen molar-refractivity contribution in [2.45, 2.75) is 19.8 Å². The summed E-state index contributed by atoms with van der Waals surface area (Å²) < 4.78 is 6.16. The Morgan fingerprint density at radius 1 is 1.39 bits per heavy atom. The summed E-state index contributed by atoms with van der Waals surface area (Å²) in [4.78, 5) is 16.2. The third-order valence-corrected chi connectivity index (χ3v) is 3.15. The molecule has 0 saturated carbocycles. The van der Waals surface area contributed by atoms with Crippen molar-refractivity contribution < 1.29 is 9.53 Å². The molecule has 0 N–H and O–H groups in total. The van der Waals surface area contributed by atoms with Crippen LogP contribution >= 0.6 is 15.9 Å². The molecule has 1 heterocycles. The zero-order valence-electron chi connectivity index (χ0n) is 10.1. The van der Waals surface area contributed by atoms with Crippen molar-refractivity contribution in [2.24, 2.45) is 0 Å². The minimum atomic E-state index is -0.283. The molecule has 0 amide bonds. The van der Waals surface area contributed by atoms with E-state index in [2.05, 4.69) is 27.8 Å². The number of hydrogen-bond donors (Lipinski definition) is 0. The third-order valence-electron chi connectivity index (χ3n) is 2.65. The average molecular weight is 308 g/mol. The smallest absolute Gasteiger partial charge is 0.338 e. The summed E-state index contributed by atoms with van der Waals surface area (Å²) in [5, 5.41) is 0.813. The Morgan fingerprint density at radius 2 is 2.22 bits per heavy atom. The first-order valence-corrected chi connectivity index (χ1v) is 6.73. The van der Waals surface area contributed by atoms with E-state index in [1.165, 1.54) is 0 Å². The summed E-state index contributed by atoms with van der Waals surface area (Å²) in [5.41, 5.74) is 1.36. The van der Waals surface area contributed by atoms with Crippen LogP contribution in [0.4, 0.5) is 0 Å². The monoisotopic (exact) mass is 307 g/mol. The van der Waals surface area contributed by atoms with Gasteiger partial charge in [0.05, 0.1) is 17.7 Å². The van der Waals surface area contributed by atoms with Crippen molar-refractivity contribution in [3.05, 3.63) is 40.5 Å². The SMILES string of the molecule is CCCCOC(=O)c1ccnc2ccc(Br)cc12. The van der Waals surface area contributed by atoms with Gasteiger partial charge in [0.1, 0.15) is 0 Å². The fraction of sp³-hybridized carbons (Fsp3) is 0.286. The molecule has 2 aromatic rings. The summed E-state index contributed by atoms with van der Waals surface area (Å²) in [6.45, 7) is 2.53. The highest BCUT2D eigenvalue weighted by molar-refractivity contribution is 9.10. The van der Waals surface area contributed by atoms with Crippen LogP contribution in [0, 0.1) is 0 Å². The number of fused-ring (bicyclic) bond motifs is 1. The van der Waals surface area contributed by atoms with E-state index in [9.17, 15) is 4.79 Å². The van der Waals surface area contributed by atoms with Crippen molar-refractivity contribution >= 4 is 32.8 Å². The first-order chi connectivity index (χ1) is 8.72. The fourth-order valence-corrected chi connectivity index (χ4v) is 2.04. The Kier molecular flexibility index (Phi) is 4.31. The summed E-state index contributed by atoms with van der Waals surface area (Å²) in [7, 11) is 0. The van der Waals surface area contributed by atoms with Crippen LogP contribution in [0.5, 0.6) is 0 Å². The van der Waals surface area contributed by atoms with E-state index in [4.69, 9.17) is 4.74 Å². The predicted octanol–water partition coefficient (Wildman–Crippen LogP) is 3.95. The molecule has 18 heavy (non-hydrogen) atoms. The van der Waals surface area contributed by atoms with Gasteiger partial charge in [0.2, 0.25) is 0 Å². The molecule has 2 rings (SSSR count). The Labute approximate surface area is 114 Å². The zero-order chi connectivity index (χ0) is 13.0. The normalized spacial score (nSPS) is 10.6. The number of pyridine rings is 1. The number of esters is 1. The second-order valence-electron chi connectivity index (χ2n) is 4.01. The third kappa shape index (κ3) is 2.88. The highest BCUT2D eigenvalue weighted by atomic mass is 79.9. The fourth-order valence-electron chi connectivity index (χ4n) is 1.68. The molecule has 4 heteroatoms. The van der Waals surface area contributed by atoms with Gasteiger partial charge in [-0.15, -0.1) is 0 Å². The Bertz CT molecular complexity index is 569. The van der Waals surface area contributed by atoms with Crippen molar-refractivity contribution in [1.82, 2.24) is 4.98 Å². The van der Waals surface area contributed by atoms with E-state index >= 15 is 0 Å². The van der Waals surface area contributed by atoms with Crippen molar-refractivity contribution in [1.29, 1.82) is 0 Å². The lowest BCUT2D eigenvalue weighted by Crippen LogP contribution is -2.07.